The molecule has 168 valence electrons. The molecule has 32 heavy (non-hydrogen) atoms. The van der Waals surface area contributed by atoms with Crippen LogP contribution in [0.4, 0.5) is 10.2 Å². The third-order valence-corrected chi connectivity index (χ3v) is 6.38. The van der Waals surface area contributed by atoms with Crippen molar-refractivity contribution in [3.63, 3.8) is 0 Å². The number of nitrogens with zero attached hydrogens (tertiary/aromatic N) is 4. The molecule has 2 aliphatic heterocycles. The SMILES string of the molecule is CO[C@@H]1CN(C)C(=O)[C@@H]2CC(CN2)Nc2cccc(n2)-c2cc(F)cc3nc(C)n(c23)C1. The van der Waals surface area contributed by atoms with Crippen molar-refractivity contribution in [1.29, 1.82) is 0 Å². The van der Waals surface area contributed by atoms with Gasteiger partial charge in [0.25, 0.3) is 0 Å². The summed E-state index contributed by atoms with van der Waals surface area (Å²) in [6.07, 6.45) is 0.415. The van der Waals surface area contributed by atoms with Crippen LogP contribution in [0.2, 0.25) is 0 Å². The second-order valence-corrected chi connectivity index (χ2v) is 8.61. The van der Waals surface area contributed by atoms with Crippen molar-refractivity contribution >= 4 is 22.8 Å². The van der Waals surface area contributed by atoms with Crippen molar-refractivity contribution in [2.24, 2.45) is 0 Å². The van der Waals surface area contributed by atoms with Crippen molar-refractivity contribution in [2.75, 3.05) is 32.6 Å². The number of amides is 1. The minimum Gasteiger partial charge on any atom is -0.378 e. The number of hydrogen-bond acceptors (Lipinski definition) is 6. The topological polar surface area (TPSA) is 84.3 Å². The fourth-order valence-corrected chi connectivity index (χ4v) is 4.75. The van der Waals surface area contributed by atoms with Crippen molar-refractivity contribution in [3.8, 4) is 11.3 Å². The zero-order valence-electron chi connectivity index (χ0n) is 18.4. The number of carbonyl (C=O) groups is 1. The van der Waals surface area contributed by atoms with Gasteiger partial charge in [0.2, 0.25) is 5.91 Å². The van der Waals surface area contributed by atoms with Gasteiger partial charge in [0.05, 0.1) is 35.4 Å². The maximum atomic E-state index is 14.5. The zero-order valence-corrected chi connectivity index (χ0v) is 18.4. The van der Waals surface area contributed by atoms with E-state index in [1.807, 2.05) is 29.7 Å². The molecule has 0 radical (unpaired) electrons. The lowest BCUT2D eigenvalue weighted by Crippen LogP contribution is -2.45. The molecule has 4 heterocycles. The second kappa shape index (κ2) is 8.14. The van der Waals surface area contributed by atoms with E-state index in [-0.39, 0.29) is 29.9 Å². The average Bonchev–Trinajstić information content (AvgIpc) is 3.35. The van der Waals surface area contributed by atoms with E-state index >= 15 is 0 Å². The Morgan fingerprint density at radius 2 is 2.06 bits per heavy atom. The molecule has 0 spiro atoms. The highest BCUT2D eigenvalue weighted by atomic mass is 19.1. The van der Waals surface area contributed by atoms with Crippen LogP contribution in [0.3, 0.4) is 0 Å². The molecule has 4 bridgehead atoms. The smallest absolute Gasteiger partial charge is 0.239 e. The standard InChI is InChI=1S/C23H27FN6O2/c1-13-26-19-8-14(24)7-17-18-5-4-6-21(28-18)27-15-9-20(25-10-15)23(31)29(2)11-16(32-3)12-30(13)22(17)19/h4-8,15-16,20,25H,9-12H2,1-3H3,(H,27,28)/t15?,16-,20+/m1/s1. The molecule has 8 nitrogen and oxygen atoms in total. The highest BCUT2D eigenvalue weighted by Crippen LogP contribution is 2.31. The average molecular weight is 439 g/mol. The molecule has 1 unspecified atom stereocenters. The molecule has 3 atom stereocenters. The van der Waals surface area contributed by atoms with Gasteiger partial charge in [-0.2, -0.15) is 0 Å². The van der Waals surface area contributed by atoms with E-state index in [2.05, 4.69) is 15.6 Å². The first-order chi connectivity index (χ1) is 15.4. The first-order valence-electron chi connectivity index (χ1n) is 10.8. The van der Waals surface area contributed by atoms with Gasteiger partial charge in [-0.1, -0.05) is 6.07 Å². The number of rotatable bonds is 1. The Bertz CT molecular complexity index is 1180. The molecular weight excluding hydrogens is 411 g/mol. The minimum atomic E-state index is -0.355. The number of halogens is 1. The molecule has 1 fully saturated rings. The minimum absolute atomic E-state index is 0.0444. The van der Waals surface area contributed by atoms with Gasteiger partial charge in [-0.15, -0.1) is 0 Å². The third-order valence-electron chi connectivity index (χ3n) is 6.38. The van der Waals surface area contributed by atoms with E-state index in [9.17, 15) is 9.18 Å². The molecule has 1 amide bonds. The quantitative estimate of drug-likeness (QED) is 0.606. The van der Waals surface area contributed by atoms with E-state index in [0.29, 0.717) is 48.6 Å². The maximum absolute atomic E-state index is 14.5. The van der Waals surface area contributed by atoms with Gasteiger partial charge < -0.3 is 24.8 Å². The normalized spacial score (nSPS) is 23.7. The lowest BCUT2D eigenvalue weighted by atomic mass is 10.1. The number of aromatic nitrogens is 3. The molecule has 3 aromatic rings. The second-order valence-electron chi connectivity index (χ2n) is 8.61. The number of methoxy groups -OCH3 is 1. The lowest BCUT2D eigenvalue weighted by Gasteiger charge is -2.26. The van der Waals surface area contributed by atoms with Gasteiger partial charge >= 0.3 is 0 Å². The number of anilines is 1. The Morgan fingerprint density at radius 1 is 1.22 bits per heavy atom. The number of benzene rings is 1. The van der Waals surface area contributed by atoms with Crippen LogP contribution in [0.15, 0.2) is 30.3 Å². The molecule has 2 aliphatic rings. The predicted octanol–water partition coefficient (Wildman–Crippen LogP) is 2.18. The largest absolute Gasteiger partial charge is 0.378 e. The van der Waals surface area contributed by atoms with Crippen LogP contribution >= 0.6 is 0 Å². The van der Waals surface area contributed by atoms with E-state index < -0.39 is 0 Å². The van der Waals surface area contributed by atoms with Gasteiger partial charge in [0.1, 0.15) is 17.5 Å². The molecule has 9 heteroatoms. The van der Waals surface area contributed by atoms with Crippen LogP contribution in [0.25, 0.3) is 22.3 Å². The number of likely N-dealkylation sites (N-methyl/N-ethyl adjacent to an activating group) is 1. The molecule has 5 rings (SSSR count). The Labute approximate surface area is 185 Å². The summed E-state index contributed by atoms with van der Waals surface area (Å²) in [4.78, 5) is 24.1. The van der Waals surface area contributed by atoms with Crippen molar-refractivity contribution in [2.45, 2.75) is 38.1 Å². The van der Waals surface area contributed by atoms with Crippen LogP contribution in [-0.4, -0.2) is 70.8 Å². The fourth-order valence-electron chi connectivity index (χ4n) is 4.75. The first-order valence-corrected chi connectivity index (χ1v) is 10.8. The van der Waals surface area contributed by atoms with E-state index in [1.54, 1.807) is 19.1 Å². The highest BCUT2D eigenvalue weighted by Gasteiger charge is 2.32. The number of ether oxygens (including phenoxy) is 1. The number of nitrogens with one attached hydrogen (secondary N) is 2. The van der Waals surface area contributed by atoms with E-state index in [1.165, 1.54) is 12.1 Å². The van der Waals surface area contributed by atoms with E-state index in [4.69, 9.17) is 9.72 Å². The molecule has 0 aliphatic carbocycles. The molecule has 1 aromatic carbocycles. The van der Waals surface area contributed by atoms with Crippen molar-refractivity contribution in [1.82, 2.24) is 24.8 Å². The predicted molar refractivity (Wildman–Crippen MR) is 120 cm³/mol. The van der Waals surface area contributed by atoms with Crippen molar-refractivity contribution < 1.29 is 13.9 Å². The highest BCUT2D eigenvalue weighted by molar-refractivity contribution is 5.92. The van der Waals surface area contributed by atoms with Crippen LogP contribution in [-0.2, 0) is 16.1 Å². The summed E-state index contributed by atoms with van der Waals surface area (Å²) in [7, 11) is 3.45. The summed E-state index contributed by atoms with van der Waals surface area (Å²) in [5, 5.41) is 6.74. The number of pyridine rings is 1. The number of hydrogen-bond donors (Lipinski definition) is 2. The molecule has 2 N–H and O–H groups in total. The molecular formula is C23H27FN6O2. The van der Waals surface area contributed by atoms with Crippen molar-refractivity contribution in [3.05, 3.63) is 42.0 Å². The lowest BCUT2D eigenvalue weighted by molar-refractivity contribution is -0.133. The fraction of sp³-hybridized carbons (Fsp3) is 0.435. The third kappa shape index (κ3) is 3.71. The van der Waals surface area contributed by atoms with Crippen LogP contribution in [0.5, 0.6) is 0 Å². The molecule has 1 saturated heterocycles. The summed E-state index contributed by atoms with van der Waals surface area (Å²) in [5.74, 6) is 1.14. The summed E-state index contributed by atoms with van der Waals surface area (Å²) in [6, 6.07) is 8.45. The van der Waals surface area contributed by atoms with Gasteiger partial charge in [-0.05, 0) is 31.5 Å². The maximum Gasteiger partial charge on any atom is 0.239 e. The Hall–Kier alpha value is -3.04. The van der Waals surface area contributed by atoms with Crippen LogP contribution in [0.1, 0.15) is 12.2 Å². The van der Waals surface area contributed by atoms with Crippen LogP contribution in [0, 0.1) is 12.7 Å². The Kier molecular flexibility index (Phi) is 5.30. The van der Waals surface area contributed by atoms with Gasteiger partial charge in [-0.25, -0.2) is 14.4 Å². The number of carbonyl (C=O) groups excluding carboxylic acids is 1. The Balaban J connectivity index is 1.68. The van der Waals surface area contributed by atoms with Crippen LogP contribution < -0.4 is 10.6 Å². The van der Waals surface area contributed by atoms with E-state index in [0.717, 1.165) is 11.3 Å². The van der Waals surface area contributed by atoms with Gasteiger partial charge in [-0.3, -0.25) is 4.79 Å². The summed E-state index contributed by atoms with van der Waals surface area (Å²) < 4.78 is 22.3. The Morgan fingerprint density at radius 3 is 2.88 bits per heavy atom. The summed E-state index contributed by atoms with van der Waals surface area (Å²) in [5.41, 5.74) is 2.73. The number of fused-ring (bicyclic) bond motifs is 5. The number of imidazole rings is 1. The van der Waals surface area contributed by atoms with Gasteiger partial charge in [0.15, 0.2) is 0 Å². The zero-order chi connectivity index (χ0) is 22.4. The monoisotopic (exact) mass is 438 g/mol. The first kappa shape index (κ1) is 20.8. The summed E-state index contributed by atoms with van der Waals surface area (Å²) >= 11 is 0. The van der Waals surface area contributed by atoms with Gasteiger partial charge in [0, 0.05) is 44.9 Å². The number of aryl methyl sites for hydroxylation is 1. The molecule has 2 aromatic heterocycles. The molecule has 0 saturated carbocycles. The summed E-state index contributed by atoms with van der Waals surface area (Å²) in [6.45, 7) is 3.48.